The van der Waals surface area contributed by atoms with Crippen molar-refractivity contribution in [2.24, 2.45) is 5.41 Å². The van der Waals surface area contributed by atoms with Crippen LogP contribution in [0.25, 0.3) is 22.0 Å². The molecule has 3 atom stereocenters. The van der Waals surface area contributed by atoms with Gasteiger partial charge >= 0.3 is 0 Å². The summed E-state index contributed by atoms with van der Waals surface area (Å²) in [6.45, 7) is 5.73. The van der Waals surface area contributed by atoms with Gasteiger partial charge in [0.05, 0.1) is 18.7 Å². The first kappa shape index (κ1) is 30.9. The molecule has 0 bridgehead atoms. The summed E-state index contributed by atoms with van der Waals surface area (Å²) in [4.78, 5) is 55.4. The molecule has 12 nitrogen and oxygen atoms in total. The van der Waals surface area contributed by atoms with Gasteiger partial charge in [0.25, 0.3) is 0 Å². The second-order valence-electron chi connectivity index (χ2n) is 12.0. The van der Waals surface area contributed by atoms with Gasteiger partial charge in [-0.25, -0.2) is 15.0 Å². The molecule has 13 heteroatoms. The molecular weight excluding hydrogens is 642 g/mol. The third-order valence-electron chi connectivity index (χ3n) is 8.67. The number of carbonyl (C=O) groups is 3. The highest BCUT2D eigenvalue weighted by Gasteiger charge is 2.64. The molecule has 1 aliphatic heterocycles. The molecule has 3 aromatic heterocycles. The third kappa shape index (κ3) is 5.87. The van der Waals surface area contributed by atoms with Crippen LogP contribution in [-0.4, -0.2) is 73.5 Å². The number of benzene rings is 1. The minimum absolute atomic E-state index is 0.0599. The van der Waals surface area contributed by atoms with Gasteiger partial charge in [-0.05, 0) is 64.9 Å². The van der Waals surface area contributed by atoms with Crippen LogP contribution in [0.15, 0.2) is 41.3 Å². The summed E-state index contributed by atoms with van der Waals surface area (Å²) >= 11 is 3.37. The number of piperidine rings is 1. The number of carbonyl (C=O) groups excluding carboxylic acids is 3. The smallest absolute Gasteiger partial charge is 0.248 e. The van der Waals surface area contributed by atoms with Crippen LogP contribution in [0.5, 0.6) is 0 Å². The quantitative estimate of drug-likeness (QED) is 0.190. The normalized spacial score (nSPS) is 20.4. The van der Waals surface area contributed by atoms with Crippen molar-refractivity contribution in [2.75, 3.05) is 19.5 Å². The van der Waals surface area contributed by atoms with E-state index in [9.17, 15) is 14.4 Å². The number of aryl methyl sites for hydroxylation is 1. The number of ketones is 1. The van der Waals surface area contributed by atoms with Crippen LogP contribution in [0.1, 0.15) is 54.1 Å². The minimum atomic E-state index is -0.682. The molecule has 0 spiro atoms. The molecule has 1 aliphatic carbocycles. The molecule has 1 saturated carbocycles. The van der Waals surface area contributed by atoms with Crippen LogP contribution < -0.4 is 5.32 Å². The lowest BCUT2D eigenvalue weighted by Gasteiger charge is -2.27. The van der Waals surface area contributed by atoms with E-state index in [0.717, 1.165) is 28.7 Å². The number of aromatic nitrogens is 5. The van der Waals surface area contributed by atoms with E-state index in [4.69, 9.17) is 9.47 Å². The Balaban J connectivity index is 1.34. The average Bonchev–Trinajstić information content (AvgIpc) is 3.35. The minimum Gasteiger partial charge on any atom is -0.380 e. The zero-order chi connectivity index (χ0) is 32.0. The van der Waals surface area contributed by atoms with Crippen molar-refractivity contribution in [1.82, 2.24) is 29.6 Å². The number of likely N-dealkylation sites (tertiary alicyclic amines) is 1. The van der Waals surface area contributed by atoms with Gasteiger partial charge in [-0.3, -0.25) is 19.1 Å². The van der Waals surface area contributed by atoms with Gasteiger partial charge < -0.3 is 19.7 Å². The van der Waals surface area contributed by atoms with Gasteiger partial charge in [0.15, 0.2) is 5.78 Å². The van der Waals surface area contributed by atoms with Gasteiger partial charge in [0.1, 0.15) is 34.5 Å². The maximum atomic E-state index is 14.1. The molecule has 1 aromatic carbocycles. The average molecular weight is 677 g/mol. The molecule has 0 radical (unpaired) electrons. The number of methoxy groups -OCH3 is 2. The topological polar surface area (TPSA) is 141 Å². The Labute approximate surface area is 268 Å². The van der Waals surface area contributed by atoms with Crippen LogP contribution in [0.2, 0.25) is 0 Å². The number of hydrogen-bond acceptors (Lipinski definition) is 9. The van der Waals surface area contributed by atoms with Crippen molar-refractivity contribution >= 4 is 50.2 Å². The standard InChI is InChI=1S/C32H34BrN7O5/c1-17(41)28-23-9-20(22-12-34-18(2)35-13-22)8-21(16-45-5)29(23)39(38-28)14-27(42)40-24(10-32(3)11-25(32)40)31(43)37-30-19(15-44-4)6-7-26(33)36-30/h6-9,12-13,24-25H,10-11,14-16H2,1-5H3,(H,36,37,43)/t24-,25+,32-/m0/s1. The fourth-order valence-corrected chi connectivity index (χ4v) is 6.68. The monoisotopic (exact) mass is 675 g/mol. The molecule has 4 aromatic rings. The summed E-state index contributed by atoms with van der Waals surface area (Å²) in [5, 5.41) is 8.18. The van der Waals surface area contributed by atoms with Crippen LogP contribution >= 0.6 is 15.9 Å². The molecule has 2 amide bonds. The number of Topliss-reactive ketones (excluding diaryl/α,β-unsaturated/α-hetero) is 1. The second kappa shape index (κ2) is 12.0. The van der Waals surface area contributed by atoms with E-state index in [0.29, 0.717) is 33.6 Å². The van der Waals surface area contributed by atoms with Crippen molar-refractivity contribution in [3.63, 3.8) is 0 Å². The second-order valence-corrected chi connectivity index (χ2v) is 12.8. The Hall–Kier alpha value is -4.07. The fourth-order valence-electron chi connectivity index (χ4n) is 6.37. The zero-order valence-electron chi connectivity index (χ0n) is 25.8. The highest BCUT2D eigenvalue weighted by molar-refractivity contribution is 9.10. The number of fused-ring (bicyclic) bond motifs is 2. The van der Waals surface area contributed by atoms with Crippen molar-refractivity contribution < 1.29 is 23.9 Å². The SMILES string of the molecule is COCc1ccc(Br)nc1NC(=O)[C@@H]1C[C@@]2(C)C[C@H]2N1C(=O)Cn1nc(C(C)=O)c2cc(-c3cnc(C)nc3)cc(COC)c21. The summed E-state index contributed by atoms with van der Waals surface area (Å²) in [6, 6.07) is 6.69. The van der Waals surface area contributed by atoms with E-state index in [1.165, 1.54) is 6.92 Å². The lowest BCUT2D eigenvalue weighted by atomic mass is 10.0. The Kier molecular flexibility index (Phi) is 8.27. The van der Waals surface area contributed by atoms with Crippen molar-refractivity contribution in [2.45, 2.75) is 65.5 Å². The van der Waals surface area contributed by atoms with Crippen LogP contribution in [0, 0.1) is 12.3 Å². The Morgan fingerprint density at radius 2 is 1.76 bits per heavy atom. The number of amides is 2. The molecule has 2 fully saturated rings. The highest BCUT2D eigenvalue weighted by atomic mass is 79.9. The molecule has 1 N–H and O–H groups in total. The first-order chi connectivity index (χ1) is 21.5. The predicted octanol–water partition coefficient (Wildman–Crippen LogP) is 4.47. The summed E-state index contributed by atoms with van der Waals surface area (Å²) < 4.78 is 12.9. The summed E-state index contributed by atoms with van der Waals surface area (Å²) in [5.74, 6) is 0.252. The first-order valence-electron chi connectivity index (χ1n) is 14.6. The van der Waals surface area contributed by atoms with Gasteiger partial charge in [-0.1, -0.05) is 13.0 Å². The van der Waals surface area contributed by atoms with Crippen molar-refractivity contribution in [3.8, 4) is 11.1 Å². The number of hydrogen-bond donors (Lipinski definition) is 1. The van der Waals surface area contributed by atoms with E-state index in [-0.39, 0.29) is 54.5 Å². The number of pyridine rings is 1. The Bertz CT molecular complexity index is 1820. The zero-order valence-corrected chi connectivity index (χ0v) is 27.3. The van der Waals surface area contributed by atoms with E-state index in [1.807, 2.05) is 25.1 Å². The largest absolute Gasteiger partial charge is 0.380 e. The molecule has 234 valence electrons. The van der Waals surface area contributed by atoms with Crippen LogP contribution in [0.3, 0.4) is 0 Å². The number of halogens is 1. The number of nitrogens with one attached hydrogen (secondary N) is 1. The van der Waals surface area contributed by atoms with Crippen molar-refractivity contribution in [3.05, 3.63) is 63.9 Å². The molecule has 4 heterocycles. The molecule has 0 unspecified atom stereocenters. The van der Waals surface area contributed by atoms with Crippen LogP contribution in [0.4, 0.5) is 5.82 Å². The molecule has 6 rings (SSSR count). The van der Waals surface area contributed by atoms with Gasteiger partial charge in [0, 0.05) is 61.7 Å². The summed E-state index contributed by atoms with van der Waals surface area (Å²) in [7, 11) is 3.16. The van der Waals surface area contributed by atoms with Crippen LogP contribution in [-0.2, 0) is 38.8 Å². The third-order valence-corrected chi connectivity index (χ3v) is 9.11. The van der Waals surface area contributed by atoms with Gasteiger partial charge in [-0.2, -0.15) is 5.10 Å². The Morgan fingerprint density at radius 3 is 2.44 bits per heavy atom. The number of ether oxygens (including phenoxy) is 2. The van der Waals surface area contributed by atoms with Crippen molar-refractivity contribution in [1.29, 1.82) is 0 Å². The number of anilines is 1. The van der Waals surface area contributed by atoms with E-state index in [1.54, 1.807) is 42.3 Å². The van der Waals surface area contributed by atoms with E-state index < -0.39 is 6.04 Å². The molecule has 1 saturated heterocycles. The van der Waals surface area contributed by atoms with Gasteiger partial charge in [0.2, 0.25) is 11.8 Å². The lowest BCUT2D eigenvalue weighted by molar-refractivity contribution is -0.138. The Morgan fingerprint density at radius 1 is 1.04 bits per heavy atom. The maximum absolute atomic E-state index is 14.1. The molecule has 2 aliphatic rings. The van der Waals surface area contributed by atoms with Gasteiger partial charge in [-0.15, -0.1) is 0 Å². The number of rotatable bonds is 10. The number of nitrogens with zero attached hydrogens (tertiary/aromatic N) is 6. The lowest BCUT2D eigenvalue weighted by Crippen LogP contribution is -2.47. The molecular formula is C32H34BrN7O5. The first-order valence-corrected chi connectivity index (χ1v) is 15.4. The van der Waals surface area contributed by atoms with E-state index >= 15 is 0 Å². The van der Waals surface area contributed by atoms with E-state index in [2.05, 4.69) is 48.2 Å². The summed E-state index contributed by atoms with van der Waals surface area (Å²) in [5.41, 5.74) is 3.82. The fraction of sp³-hybridized carbons (Fsp3) is 0.406. The predicted molar refractivity (Wildman–Crippen MR) is 169 cm³/mol. The molecule has 45 heavy (non-hydrogen) atoms. The highest BCUT2D eigenvalue weighted by Crippen LogP contribution is 2.59. The summed E-state index contributed by atoms with van der Waals surface area (Å²) in [6.07, 6.45) is 4.82. The maximum Gasteiger partial charge on any atom is 0.248 e.